The summed E-state index contributed by atoms with van der Waals surface area (Å²) in [5, 5.41) is 14.5. The molecule has 2 N–H and O–H groups in total. The van der Waals surface area contributed by atoms with Gasteiger partial charge in [-0.25, -0.2) is 4.79 Å². The molecule has 0 heterocycles. The standard InChI is InChI=1S/C12H24N4O2/c1-12(2,3)18-11(17)15-9-10(8-13)14-6-7-16(4)5/h10,14H,6-7,9H2,1-5H3,(H,15,17). The van der Waals surface area contributed by atoms with Gasteiger partial charge in [-0.2, -0.15) is 5.26 Å². The van der Waals surface area contributed by atoms with E-state index in [4.69, 9.17) is 10.00 Å². The van der Waals surface area contributed by atoms with Crippen LogP contribution in [-0.4, -0.2) is 56.4 Å². The predicted molar refractivity (Wildman–Crippen MR) is 70.2 cm³/mol. The van der Waals surface area contributed by atoms with E-state index in [2.05, 4.69) is 16.7 Å². The van der Waals surface area contributed by atoms with Gasteiger partial charge in [0.25, 0.3) is 0 Å². The van der Waals surface area contributed by atoms with E-state index in [9.17, 15) is 4.79 Å². The molecule has 6 heteroatoms. The lowest BCUT2D eigenvalue weighted by molar-refractivity contribution is 0.0525. The normalized spacial score (nSPS) is 12.9. The monoisotopic (exact) mass is 256 g/mol. The molecule has 0 aromatic heterocycles. The second-order valence-electron chi connectivity index (χ2n) is 5.32. The summed E-state index contributed by atoms with van der Waals surface area (Å²) in [5.41, 5.74) is -0.523. The molecule has 0 fully saturated rings. The number of hydrogen-bond acceptors (Lipinski definition) is 5. The molecule has 6 nitrogen and oxygen atoms in total. The van der Waals surface area contributed by atoms with E-state index >= 15 is 0 Å². The summed E-state index contributed by atoms with van der Waals surface area (Å²) in [4.78, 5) is 13.4. The SMILES string of the molecule is CN(C)CCNC(C#N)CNC(=O)OC(C)(C)C. The average molecular weight is 256 g/mol. The topological polar surface area (TPSA) is 77.4 Å². The zero-order valence-electron chi connectivity index (χ0n) is 11.9. The van der Waals surface area contributed by atoms with Crippen molar-refractivity contribution in [1.82, 2.24) is 15.5 Å². The lowest BCUT2D eigenvalue weighted by Crippen LogP contribution is -2.43. The molecule has 0 saturated carbocycles. The number of nitrogens with zero attached hydrogens (tertiary/aromatic N) is 2. The summed E-state index contributed by atoms with van der Waals surface area (Å²) in [6.45, 7) is 7.15. The highest BCUT2D eigenvalue weighted by molar-refractivity contribution is 5.67. The average Bonchev–Trinajstić information content (AvgIpc) is 2.20. The zero-order valence-corrected chi connectivity index (χ0v) is 11.9. The van der Waals surface area contributed by atoms with Crippen LogP contribution in [0.25, 0.3) is 0 Å². The minimum absolute atomic E-state index is 0.235. The molecule has 0 spiro atoms. The van der Waals surface area contributed by atoms with E-state index in [0.717, 1.165) is 6.54 Å². The molecule has 0 aliphatic rings. The number of carbonyl (C=O) groups excluding carboxylic acids is 1. The lowest BCUT2D eigenvalue weighted by Gasteiger charge is -2.20. The first-order valence-corrected chi connectivity index (χ1v) is 5.99. The van der Waals surface area contributed by atoms with Gasteiger partial charge in [0.05, 0.1) is 6.07 Å². The number of nitriles is 1. The van der Waals surface area contributed by atoms with E-state index in [1.165, 1.54) is 0 Å². The van der Waals surface area contributed by atoms with Crippen molar-refractivity contribution < 1.29 is 9.53 Å². The molecule has 0 aliphatic heterocycles. The molecular weight excluding hydrogens is 232 g/mol. The summed E-state index contributed by atoms with van der Waals surface area (Å²) < 4.78 is 5.08. The molecule has 0 aromatic carbocycles. The Bertz CT molecular complexity index is 291. The maximum atomic E-state index is 11.4. The van der Waals surface area contributed by atoms with Crippen LogP contribution in [0.3, 0.4) is 0 Å². The van der Waals surface area contributed by atoms with Crippen molar-refractivity contribution in [3.63, 3.8) is 0 Å². The highest BCUT2D eigenvalue weighted by Crippen LogP contribution is 2.06. The van der Waals surface area contributed by atoms with Crippen LogP contribution in [0.4, 0.5) is 4.79 Å². The predicted octanol–water partition coefficient (Wildman–Crippen LogP) is 0.554. The first-order chi connectivity index (χ1) is 8.24. The van der Waals surface area contributed by atoms with Gasteiger partial charge >= 0.3 is 6.09 Å². The van der Waals surface area contributed by atoms with Gasteiger partial charge in [-0.1, -0.05) is 0 Å². The number of carbonyl (C=O) groups is 1. The summed E-state index contributed by atoms with van der Waals surface area (Å²) in [6, 6.07) is 1.69. The van der Waals surface area contributed by atoms with Gasteiger partial charge in [-0.05, 0) is 34.9 Å². The molecule has 0 rings (SSSR count). The number of alkyl carbamates (subject to hydrolysis) is 1. The molecule has 18 heavy (non-hydrogen) atoms. The van der Waals surface area contributed by atoms with Crippen LogP contribution in [0.5, 0.6) is 0 Å². The molecule has 0 saturated heterocycles. The summed E-state index contributed by atoms with van der Waals surface area (Å²) in [6.07, 6.45) is -0.503. The smallest absolute Gasteiger partial charge is 0.407 e. The Morgan fingerprint density at radius 2 is 2.06 bits per heavy atom. The van der Waals surface area contributed by atoms with E-state index in [0.29, 0.717) is 6.54 Å². The maximum absolute atomic E-state index is 11.4. The minimum atomic E-state index is -0.523. The van der Waals surface area contributed by atoms with Crippen molar-refractivity contribution in [2.75, 3.05) is 33.7 Å². The highest BCUT2D eigenvalue weighted by Gasteiger charge is 2.17. The minimum Gasteiger partial charge on any atom is -0.444 e. The molecule has 1 atom stereocenters. The molecule has 0 aromatic rings. The van der Waals surface area contributed by atoms with Crippen LogP contribution >= 0.6 is 0 Å². The number of rotatable bonds is 6. The van der Waals surface area contributed by atoms with E-state index in [-0.39, 0.29) is 6.54 Å². The van der Waals surface area contributed by atoms with Gasteiger partial charge < -0.3 is 15.0 Å². The van der Waals surface area contributed by atoms with E-state index < -0.39 is 17.7 Å². The molecule has 0 radical (unpaired) electrons. The van der Waals surface area contributed by atoms with Gasteiger partial charge in [0, 0.05) is 19.6 Å². The molecular formula is C12H24N4O2. The Kier molecular flexibility index (Phi) is 7.32. The summed E-state index contributed by atoms with van der Waals surface area (Å²) >= 11 is 0. The first kappa shape index (κ1) is 16.7. The Morgan fingerprint density at radius 3 is 2.50 bits per heavy atom. The van der Waals surface area contributed by atoms with Gasteiger partial charge in [0.2, 0.25) is 0 Å². The molecule has 104 valence electrons. The van der Waals surface area contributed by atoms with E-state index in [1.807, 2.05) is 19.0 Å². The van der Waals surface area contributed by atoms with Crippen LogP contribution in [0.15, 0.2) is 0 Å². The van der Waals surface area contributed by atoms with Gasteiger partial charge in [-0.3, -0.25) is 5.32 Å². The van der Waals surface area contributed by atoms with E-state index in [1.54, 1.807) is 20.8 Å². The number of likely N-dealkylation sites (N-methyl/N-ethyl adjacent to an activating group) is 1. The maximum Gasteiger partial charge on any atom is 0.407 e. The first-order valence-electron chi connectivity index (χ1n) is 5.99. The largest absolute Gasteiger partial charge is 0.444 e. The fraction of sp³-hybridized carbons (Fsp3) is 0.833. The zero-order chi connectivity index (χ0) is 14.2. The molecule has 0 bridgehead atoms. The molecule has 0 aliphatic carbocycles. The second kappa shape index (κ2) is 7.90. The Labute approximate surface area is 109 Å². The Balaban J connectivity index is 3.87. The number of amides is 1. The second-order valence-corrected chi connectivity index (χ2v) is 5.32. The van der Waals surface area contributed by atoms with Crippen LogP contribution < -0.4 is 10.6 Å². The Hall–Kier alpha value is -1.32. The van der Waals surface area contributed by atoms with Crippen molar-refractivity contribution in [1.29, 1.82) is 5.26 Å². The van der Waals surface area contributed by atoms with Crippen molar-refractivity contribution >= 4 is 6.09 Å². The fourth-order valence-electron chi connectivity index (χ4n) is 1.13. The quantitative estimate of drug-likeness (QED) is 0.726. The van der Waals surface area contributed by atoms with Crippen molar-refractivity contribution in [2.24, 2.45) is 0 Å². The van der Waals surface area contributed by atoms with Crippen LogP contribution in [0.2, 0.25) is 0 Å². The summed E-state index contributed by atoms with van der Waals surface area (Å²) in [7, 11) is 3.92. The Morgan fingerprint density at radius 1 is 1.44 bits per heavy atom. The van der Waals surface area contributed by atoms with Crippen molar-refractivity contribution in [3.05, 3.63) is 0 Å². The third-order valence-corrected chi connectivity index (χ3v) is 1.95. The third kappa shape index (κ3) is 9.87. The number of nitrogens with one attached hydrogen (secondary N) is 2. The van der Waals surface area contributed by atoms with Crippen LogP contribution in [0, 0.1) is 11.3 Å². The van der Waals surface area contributed by atoms with Gasteiger partial charge in [0.1, 0.15) is 11.6 Å². The number of hydrogen-bond donors (Lipinski definition) is 2. The highest BCUT2D eigenvalue weighted by atomic mass is 16.6. The molecule has 1 unspecified atom stereocenters. The van der Waals surface area contributed by atoms with Gasteiger partial charge in [-0.15, -0.1) is 0 Å². The summed E-state index contributed by atoms with van der Waals surface area (Å²) in [5.74, 6) is 0. The van der Waals surface area contributed by atoms with Crippen LogP contribution in [-0.2, 0) is 4.74 Å². The van der Waals surface area contributed by atoms with Gasteiger partial charge in [0.15, 0.2) is 0 Å². The lowest BCUT2D eigenvalue weighted by atomic mass is 10.2. The fourth-order valence-corrected chi connectivity index (χ4v) is 1.13. The van der Waals surface area contributed by atoms with Crippen LogP contribution in [0.1, 0.15) is 20.8 Å². The number of ether oxygens (including phenoxy) is 1. The van der Waals surface area contributed by atoms with Crippen molar-refractivity contribution in [3.8, 4) is 6.07 Å². The molecule has 1 amide bonds. The van der Waals surface area contributed by atoms with Crippen molar-refractivity contribution in [2.45, 2.75) is 32.4 Å². The third-order valence-electron chi connectivity index (χ3n) is 1.95.